The van der Waals surface area contributed by atoms with Crippen LogP contribution >= 0.6 is 0 Å². The quantitative estimate of drug-likeness (QED) is 0.708. The molecule has 0 unspecified atom stereocenters. The molecule has 1 aromatic rings. The van der Waals surface area contributed by atoms with Crippen LogP contribution in [0.5, 0.6) is 5.75 Å². The maximum atomic E-state index is 12.8. The van der Waals surface area contributed by atoms with E-state index in [4.69, 9.17) is 9.47 Å². The van der Waals surface area contributed by atoms with E-state index in [9.17, 15) is 14.4 Å². The number of methoxy groups -OCH3 is 2. The van der Waals surface area contributed by atoms with E-state index in [1.54, 1.807) is 30.3 Å². The lowest BCUT2D eigenvalue weighted by Gasteiger charge is -2.35. The molecule has 3 saturated heterocycles. The highest BCUT2D eigenvalue weighted by Crippen LogP contribution is 2.29. The number of ether oxygens (including phenoxy) is 2. The number of aromatic nitrogens is 1. The van der Waals surface area contributed by atoms with Crippen LogP contribution in [0, 0.1) is 5.92 Å². The standard InChI is InChI=1S/C18H25N3O5/c1-25-9-8-21-14-6-5-13(17(21)23)10-20(11-14)16(22)12-19-7-3-4-15(26-2)18(19)24/h3-4,7,13-14H,5-6,8-12H2,1-2H3/t13-,14+/m1/s1. The minimum Gasteiger partial charge on any atom is -0.491 e. The Hall–Kier alpha value is -2.35. The Bertz CT molecular complexity index is 732. The van der Waals surface area contributed by atoms with Gasteiger partial charge in [-0.05, 0) is 25.0 Å². The predicted molar refractivity (Wildman–Crippen MR) is 93.9 cm³/mol. The summed E-state index contributed by atoms with van der Waals surface area (Å²) in [5, 5.41) is 0. The number of pyridine rings is 1. The van der Waals surface area contributed by atoms with Crippen LogP contribution < -0.4 is 10.3 Å². The van der Waals surface area contributed by atoms with Gasteiger partial charge < -0.3 is 23.8 Å². The van der Waals surface area contributed by atoms with Gasteiger partial charge in [0.15, 0.2) is 5.75 Å². The first-order valence-electron chi connectivity index (χ1n) is 8.85. The largest absolute Gasteiger partial charge is 0.491 e. The Balaban J connectivity index is 1.73. The molecule has 8 heteroatoms. The van der Waals surface area contributed by atoms with Crippen LogP contribution in [0.25, 0.3) is 0 Å². The van der Waals surface area contributed by atoms with Gasteiger partial charge in [-0.2, -0.15) is 0 Å². The van der Waals surface area contributed by atoms with Gasteiger partial charge in [-0.15, -0.1) is 0 Å². The zero-order valence-electron chi connectivity index (χ0n) is 15.2. The van der Waals surface area contributed by atoms with E-state index >= 15 is 0 Å². The summed E-state index contributed by atoms with van der Waals surface area (Å²) in [7, 11) is 3.04. The van der Waals surface area contributed by atoms with Crippen LogP contribution in [-0.2, 0) is 20.9 Å². The summed E-state index contributed by atoms with van der Waals surface area (Å²) >= 11 is 0. The number of piperidine rings is 1. The van der Waals surface area contributed by atoms with E-state index in [-0.39, 0.29) is 41.6 Å². The molecule has 3 aliphatic heterocycles. The highest BCUT2D eigenvalue weighted by atomic mass is 16.5. The van der Waals surface area contributed by atoms with Crippen LogP contribution in [0.3, 0.4) is 0 Å². The molecule has 0 saturated carbocycles. The van der Waals surface area contributed by atoms with Gasteiger partial charge >= 0.3 is 0 Å². The molecule has 2 atom stereocenters. The third-order valence-electron chi connectivity index (χ3n) is 5.19. The summed E-state index contributed by atoms with van der Waals surface area (Å²) in [5.41, 5.74) is -0.334. The van der Waals surface area contributed by atoms with Crippen molar-refractivity contribution in [1.82, 2.24) is 14.4 Å². The lowest BCUT2D eigenvalue weighted by molar-refractivity contribution is -0.140. The van der Waals surface area contributed by atoms with E-state index < -0.39 is 0 Å². The van der Waals surface area contributed by atoms with E-state index in [0.29, 0.717) is 26.2 Å². The van der Waals surface area contributed by atoms with Crippen molar-refractivity contribution in [1.29, 1.82) is 0 Å². The lowest BCUT2D eigenvalue weighted by atomic mass is 9.94. The van der Waals surface area contributed by atoms with Crippen molar-refractivity contribution in [3.05, 3.63) is 28.7 Å². The number of rotatable bonds is 6. The summed E-state index contributed by atoms with van der Waals surface area (Å²) in [6, 6.07) is 3.26. The van der Waals surface area contributed by atoms with Gasteiger partial charge in [0.05, 0.1) is 19.6 Å². The summed E-state index contributed by atoms with van der Waals surface area (Å²) in [6.45, 7) is 1.90. The van der Waals surface area contributed by atoms with Gasteiger partial charge in [-0.25, -0.2) is 0 Å². The van der Waals surface area contributed by atoms with Gasteiger partial charge in [-0.3, -0.25) is 14.4 Å². The second-order valence-electron chi connectivity index (χ2n) is 6.76. The second-order valence-corrected chi connectivity index (χ2v) is 6.76. The number of carbonyl (C=O) groups excluding carboxylic acids is 2. The van der Waals surface area contributed by atoms with Crippen LogP contribution in [0.15, 0.2) is 23.1 Å². The summed E-state index contributed by atoms with van der Waals surface area (Å²) in [6.07, 6.45) is 3.27. The first-order chi connectivity index (χ1) is 12.5. The molecular formula is C18H25N3O5. The van der Waals surface area contributed by atoms with Crippen LogP contribution in [0.1, 0.15) is 12.8 Å². The molecule has 2 amide bonds. The van der Waals surface area contributed by atoms with Gasteiger partial charge in [-0.1, -0.05) is 0 Å². The van der Waals surface area contributed by atoms with E-state index in [1.165, 1.54) is 11.7 Å². The average molecular weight is 363 g/mol. The molecule has 26 heavy (non-hydrogen) atoms. The van der Waals surface area contributed by atoms with Gasteiger partial charge in [0.2, 0.25) is 11.8 Å². The first-order valence-corrected chi connectivity index (χ1v) is 8.85. The molecule has 142 valence electrons. The van der Waals surface area contributed by atoms with Crippen molar-refractivity contribution in [2.24, 2.45) is 5.92 Å². The Morgan fingerprint density at radius 1 is 1.23 bits per heavy atom. The fourth-order valence-electron chi connectivity index (χ4n) is 3.77. The highest BCUT2D eigenvalue weighted by Gasteiger charge is 2.41. The molecule has 3 fully saturated rings. The smallest absolute Gasteiger partial charge is 0.293 e. The predicted octanol–water partition coefficient (Wildman–Crippen LogP) is -0.0473. The Labute approximate surface area is 152 Å². The third kappa shape index (κ3) is 3.60. The minimum atomic E-state index is -0.334. The highest BCUT2D eigenvalue weighted by molar-refractivity contribution is 5.83. The van der Waals surface area contributed by atoms with Crippen molar-refractivity contribution < 1.29 is 19.1 Å². The number of amides is 2. The van der Waals surface area contributed by atoms with E-state index in [0.717, 1.165) is 12.8 Å². The molecule has 0 aromatic carbocycles. The van der Waals surface area contributed by atoms with Crippen molar-refractivity contribution in [3.8, 4) is 5.75 Å². The molecule has 0 aliphatic carbocycles. The lowest BCUT2D eigenvalue weighted by Crippen LogP contribution is -2.49. The van der Waals surface area contributed by atoms with Gasteiger partial charge in [0.25, 0.3) is 5.56 Å². The first kappa shape index (κ1) is 18.4. The number of carbonyl (C=O) groups is 2. The van der Waals surface area contributed by atoms with Crippen molar-refractivity contribution in [2.75, 3.05) is 40.5 Å². The Kier molecular flexibility index (Phi) is 5.61. The van der Waals surface area contributed by atoms with E-state index in [1.807, 2.05) is 4.90 Å². The zero-order chi connectivity index (χ0) is 18.7. The minimum absolute atomic E-state index is 0.0161. The molecule has 3 aliphatic rings. The summed E-state index contributed by atoms with van der Waals surface area (Å²) in [4.78, 5) is 41.2. The van der Waals surface area contributed by atoms with Crippen molar-refractivity contribution in [3.63, 3.8) is 0 Å². The molecular weight excluding hydrogens is 338 g/mol. The van der Waals surface area contributed by atoms with E-state index in [2.05, 4.69) is 0 Å². The number of fused-ring (bicyclic) bond motifs is 4. The van der Waals surface area contributed by atoms with Crippen LogP contribution in [0.4, 0.5) is 0 Å². The normalized spacial score (nSPS) is 22.5. The number of hydrogen-bond donors (Lipinski definition) is 0. The maximum absolute atomic E-state index is 12.8. The maximum Gasteiger partial charge on any atom is 0.293 e. The topological polar surface area (TPSA) is 81.1 Å². The molecule has 0 spiro atoms. The number of hydrogen-bond acceptors (Lipinski definition) is 5. The summed E-state index contributed by atoms with van der Waals surface area (Å²) < 4.78 is 11.5. The third-order valence-corrected chi connectivity index (χ3v) is 5.19. The van der Waals surface area contributed by atoms with Crippen LogP contribution in [0.2, 0.25) is 0 Å². The fraction of sp³-hybridized carbons (Fsp3) is 0.611. The molecule has 0 radical (unpaired) electrons. The average Bonchev–Trinajstić information content (AvgIpc) is 2.93. The number of nitrogens with zero attached hydrogens (tertiary/aromatic N) is 3. The molecule has 4 heterocycles. The monoisotopic (exact) mass is 363 g/mol. The van der Waals surface area contributed by atoms with Gasteiger partial charge in [0.1, 0.15) is 6.54 Å². The zero-order valence-corrected chi connectivity index (χ0v) is 15.2. The second kappa shape index (κ2) is 7.90. The van der Waals surface area contributed by atoms with Crippen LogP contribution in [-0.4, -0.2) is 72.7 Å². The molecule has 0 N–H and O–H groups in total. The molecule has 1 aromatic heterocycles. The molecule has 8 nitrogen and oxygen atoms in total. The van der Waals surface area contributed by atoms with Gasteiger partial charge in [0, 0.05) is 39.0 Å². The SMILES string of the molecule is COCCN1C(=O)[C@@H]2CC[C@H]1CN(C(=O)Cn1cccc(OC)c1=O)C2. The van der Waals surface area contributed by atoms with Crippen molar-refractivity contribution >= 4 is 11.8 Å². The summed E-state index contributed by atoms with van der Waals surface area (Å²) in [5.74, 6) is -0.0143. The Morgan fingerprint density at radius 2 is 2.04 bits per heavy atom. The fourth-order valence-corrected chi connectivity index (χ4v) is 3.77. The molecule has 2 bridgehead atoms. The molecule has 4 rings (SSSR count). The Morgan fingerprint density at radius 3 is 2.77 bits per heavy atom. The van der Waals surface area contributed by atoms with Crippen molar-refractivity contribution in [2.45, 2.75) is 25.4 Å².